The summed E-state index contributed by atoms with van der Waals surface area (Å²) < 4.78 is 0. The minimum absolute atomic E-state index is 0.438. The highest BCUT2D eigenvalue weighted by Gasteiger charge is 2.22. The maximum Gasteiger partial charge on any atom is 0.0638 e. The number of hydrogen-bond acceptors (Lipinski definition) is 3. The van der Waals surface area contributed by atoms with Crippen LogP contribution < -0.4 is 4.90 Å². The second-order valence-corrected chi connectivity index (χ2v) is 4.78. The summed E-state index contributed by atoms with van der Waals surface area (Å²) in [5.41, 5.74) is 1.31. The molecule has 1 aromatic carbocycles. The van der Waals surface area contributed by atoms with Gasteiger partial charge in [-0.3, -0.25) is 4.90 Å². The minimum Gasteiger partial charge on any atom is -0.369 e. The third-order valence-corrected chi connectivity index (χ3v) is 3.75. The molecule has 1 heterocycles. The second kappa shape index (κ2) is 6.42. The van der Waals surface area contributed by atoms with Crippen LogP contribution in [-0.4, -0.2) is 37.1 Å². The van der Waals surface area contributed by atoms with Crippen molar-refractivity contribution in [1.29, 1.82) is 5.26 Å². The molecule has 1 unspecified atom stereocenters. The Morgan fingerprint density at radius 1 is 1.17 bits per heavy atom. The van der Waals surface area contributed by atoms with Crippen molar-refractivity contribution in [2.45, 2.75) is 25.8 Å². The summed E-state index contributed by atoms with van der Waals surface area (Å²) >= 11 is 0. The summed E-state index contributed by atoms with van der Waals surface area (Å²) in [4.78, 5) is 4.89. The Labute approximate surface area is 110 Å². The lowest BCUT2D eigenvalue weighted by atomic mass is 10.1. The molecule has 0 saturated carbocycles. The summed E-state index contributed by atoms with van der Waals surface area (Å²) in [6, 6.07) is 13.3. The van der Waals surface area contributed by atoms with Crippen LogP contribution in [0.4, 0.5) is 5.69 Å². The van der Waals surface area contributed by atoms with Gasteiger partial charge < -0.3 is 4.90 Å². The number of hydrogen-bond donors (Lipinski definition) is 0. The fourth-order valence-electron chi connectivity index (χ4n) is 2.62. The van der Waals surface area contributed by atoms with Crippen molar-refractivity contribution < 1.29 is 0 Å². The van der Waals surface area contributed by atoms with Crippen molar-refractivity contribution in [2.75, 3.05) is 31.1 Å². The van der Waals surface area contributed by atoms with Gasteiger partial charge in [-0.2, -0.15) is 5.26 Å². The second-order valence-electron chi connectivity index (χ2n) is 4.78. The van der Waals surface area contributed by atoms with E-state index >= 15 is 0 Å². The van der Waals surface area contributed by atoms with Crippen molar-refractivity contribution in [1.82, 2.24) is 4.90 Å². The minimum atomic E-state index is 0.438. The number of piperazine rings is 1. The van der Waals surface area contributed by atoms with Gasteiger partial charge in [0.2, 0.25) is 0 Å². The lowest BCUT2D eigenvalue weighted by molar-refractivity contribution is 0.182. The van der Waals surface area contributed by atoms with E-state index in [9.17, 15) is 0 Å². The number of nitriles is 1. The Balaban J connectivity index is 1.90. The van der Waals surface area contributed by atoms with E-state index in [0.717, 1.165) is 32.6 Å². The van der Waals surface area contributed by atoms with E-state index in [-0.39, 0.29) is 0 Å². The molecule has 0 aromatic heterocycles. The zero-order chi connectivity index (χ0) is 12.8. The van der Waals surface area contributed by atoms with Crippen LogP contribution in [0.2, 0.25) is 0 Å². The molecule has 0 bridgehead atoms. The molecule has 0 N–H and O–H groups in total. The molecule has 0 radical (unpaired) electrons. The summed E-state index contributed by atoms with van der Waals surface area (Å²) in [7, 11) is 0. The smallest absolute Gasteiger partial charge is 0.0638 e. The molecule has 1 aliphatic heterocycles. The number of benzene rings is 1. The lowest BCUT2D eigenvalue weighted by Gasteiger charge is -2.39. The van der Waals surface area contributed by atoms with Gasteiger partial charge in [0.15, 0.2) is 0 Å². The van der Waals surface area contributed by atoms with Gasteiger partial charge in [0.25, 0.3) is 0 Å². The van der Waals surface area contributed by atoms with E-state index in [2.05, 4.69) is 53.1 Å². The highest BCUT2D eigenvalue weighted by Crippen LogP contribution is 2.18. The van der Waals surface area contributed by atoms with Crippen LogP contribution in [0, 0.1) is 11.3 Å². The van der Waals surface area contributed by atoms with Crippen molar-refractivity contribution in [3.05, 3.63) is 30.3 Å². The van der Waals surface area contributed by atoms with Gasteiger partial charge in [0, 0.05) is 37.9 Å². The molecule has 1 saturated heterocycles. The van der Waals surface area contributed by atoms with E-state index in [1.807, 2.05) is 0 Å². The number of para-hydroxylation sites is 1. The lowest BCUT2D eigenvalue weighted by Crippen LogP contribution is -2.50. The number of anilines is 1. The summed E-state index contributed by atoms with van der Waals surface area (Å²) in [6.45, 7) is 6.42. The first-order valence-electron chi connectivity index (χ1n) is 6.76. The Morgan fingerprint density at radius 2 is 1.83 bits per heavy atom. The highest BCUT2D eigenvalue weighted by molar-refractivity contribution is 5.46. The standard InChI is InChI=1S/C15H21N3/c1-2-14(8-9-16)17-10-12-18(13-11-17)15-6-4-3-5-7-15/h3-7,14H,2,8,10-13H2,1H3. The van der Waals surface area contributed by atoms with E-state index in [1.54, 1.807) is 0 Å². The summed E-state index contributed by atoms with van der Waals surface area (Å²) in [6.07, 6.45) is 1.72. The van der Waals surface area contributed by atoms with Gasteiger partial charge in [0.05, 0.1) is 12.5 Å². The third-order valence-electron chi connectivity index (χ3n) is 3.75. The Kier molecular flexibility index (Phi) is 4.60. The fourth-order valence-corrected chi connectivity index (χ4v) is 2.62. The van der Waals surface area contributed by atoms with Crippen molar-refractivity contribution in [2.24, 2.45) is 0 Å². The van der Waals surface area contributed by atoms with Crippen LogP contribution in [0.5, 0.6) is 0 Å². The molecule has 1 atom stereocenters. The summed E-state index contributed by atoms with van der Waals surface area (Å²) in [5, 5.41) is 8.84. The first-order chi connectivity index (χ1) is 8.85. The Morgan fingerprint density at radius 3 is 2.39 bits per heavy atom. The van der Waals surface area contributed by atoms with E-state index in [1.165, 1.54) is 5.69 Å². The molecule has 18 heavy (non-hydrogen) atoms. The van der Waals surface area contributed by atoms with E-state index in [0.29, 0.717) is 12.5 Å². The van der Waals surface area contributed by atoms with Crippen LogP contribution in [-0.2, 0) is 0 Å². The quantitative estimate of drug-likeness (QED) is 0.814. The van der Waals surface area contributed by atoms with Crippen LogP contribution in [0.25, 0.3) is 0 Å². The average Bonchev–Trinajstić information content (AvgIpc) is 2.46. The molecule has 1 aliphatic rings. The Hall–Kier alpha value is -1.53. The van der Waals surface area contributed by atoms with Gasteiger partial charge in [-0.1, -0.05) is 25.1 Å². The molecule has 0 aliphatic carbocycles. The van der Waals surface area contributed by atoms with Gasteiger partial charge in [-0.15, -0.1) is 0 Å². The topological polar surface area (TPSA) is 30.3 Å². The highest BCUT2D eigenvalue weighted by atomic mass is 15.3. The van der Waals surface area contributed by atoms with E-state index < -0.39 is 0 Å². The molecule has 3 heteroatoms. The first-order valence-corrected chi connectivity index (χ1v) is 6.76. The van der Waals surface area contributed by atoms with Crippen molar-refractivity contribution >= 4 is 5.69 Å². The molecule has 3 nitrogen and oxygen atoms in total. The Bertz CT molecular complexity index is 388. The molecular weight excluding hydrogens is 222 g/mol. The van der Waals surface area contributed by atoms with Gasteiger partial charge in [-0.25, -0.2) is 0 Å². The van der Waals surface area contributed by atoms with Gasteiger partial charge in [-0.05, 0) is 18.6 Å². The zero-order valence-corrected chi connectivity index (χ0v) is 11.0. The normalized spacial score (nSPS) is 18.3. The van der Waals surface area contributed by atoms with Crippen molar-refractivity contribution in [3.8, 4) is 6.07 Å². The molecule has 1 fully saturated rings. The zero-order valence-electron chi connectivity index (χ0n) is 11.0. The molecule has 96 valence electrons. The number of rotatable bonds is 4. The van der Waals surface area contributed by atoms with Crippen molar-refractivity contribution in [3.63, 3.8) is 0 Å². The molecule has 0 amide bonds. The van der Waals surface area contributed by atoms with Crippen LogP contribution in [0.1, 0.15) is 19.8 Å². The largest absolute Gasteiger partial charge is 0.369 e. The maximum atomic E-state index is 8.84. The molecule has 2 rings (SSSR count). The maximum absolute atomic E-state index is 8.84. The summed E-state index contributed by atoms with van der Waals surface area (Å²) in [5.74, 6) is 0. The number of nitrogens with zero attached hydrogens (tertiary/aromatic N) is 3. The van der Waals surface area contributed by atoms with Gasteiger partial charge in [0.1, 0.15) is 0 Å². The van der Waals surface area contributed by atoms with E-state index in [4.69, 9.17) is 5.26 Å². The average molecular weight is 243 g/mol. The first kappa shape index (κ1) is 12.9. The SMILES string of the molecule is CCC(CC#N)N1CCN(c2ccccc2)CC1. The van der Waals surface area contributed by atoms with Crippen LogP contribution in [0.3, 0.4) is 0 Å². The van der Waals surface area contributed by atoms with Gasteiger partial charge >= 0.3 is 0 Å². The molecule has 1 aromatic rings. The van der Waals surface area contributed by atoms with Crippen LogP contribution >= 0.6 is 0 Å². The monoisotopic (exact) mass is 243 g/mol. The predicted octanol–water partition coefficient (Wildman–Crippen LogP) is 2.50. The molecule has 0 spiro atoms. The third kappa shape index (κ3) is 3.02. The predicted molar refractivity (Wildman–Crippen MR) is 74.5 cm³/mol. The molecular formula is C15H21N3. The van der Waals surface area contributed by atoms with Crippen LogP contribution in [0.15, 0.2) is 30.3 Å². The fraction of sp³-hybridized carbons (Fsp3) is 0.533.